The van der Waals surface area contributed by atoms with Crippen molar-refractivity contribution in [3.8, 4) is 0 Å². The Morgan fingerprint density at radius 2 is 2.09 bits per heavy atom. The number of aliphatic imine (C=N–C) groups is 1. The van der Waals surface area contributed by atoms with Crippen LogP contribution in [0.4, 0.5) is 0 Å². The van der Waals surface area contributed by atoms with Crippen molar-refractivity contribution in [3.63, 3.8) is 0 Å². The first-order chi connectivity index (χ1) is 11.0. The molecule has 0 saturated heterocycles. The first-order valence-electron chi connectivity index (χ1n) is 7.30. The first kappa shape index (κ1) is 17.2. The summed E-state index contributed by atoms with van der Waals surface area (Å²) >= 11 is 1.58. The third-order valence-electron chi connectivity index (χ3n) is 3.72. The van der Waals surface area contributed by atoms with E-state index in [2.05, 4.69) is 29.9 Å². The van der Waals surface area contributed by atoms with Crippen molar-refractivity contribution in [1.29, 1.82) is 0 Å². The molecule has 2 heterocycles. The Morgan fingerprint density at radius 3 is 2.70 bits per heavy atom. The predicted octanol–water partition coefficient (Wildman–Crippen LogP) is 3.25. The molecule has 1 aliphatic rings. The van der Waals surface area contributed by atoms with Crippen LogP contribution < -0.4 is 0 Å². The van der Waals surface area contributed by atoms with Crippen LogP contribution in [-0.2, 0) is 9.59 Å². The Labute approximate surface area is 138 Å². The molecule has 0 spiro atoms. The van der Waals surface area contributed by atoms with Gasteiger partial charge < -0.3 is 4.98 Å². The van der Waals surface area contributed by atoms with Crippen molar-refractivity contribution in [3.05, 3.63) is 35.5 Å². The van der Waals surface area contributed by atoms with Gasteiger partial charge in [-0.05, 0) is 24.5 Å². The Hall–Kier alpha value is -2.17. The summed E-state index contributed by atoms with van der Waals surface area (Å²) in [6, 6.07) is 6.38. The lowest BCUT2D eigenvalue weighted by molar-refractivity contribution is -0.191. The number of rotatable bonds is 3. The van der Waals surface area contributed by atoms with Crippen molar-refractivity contribution in [1.82, 2.24) is 4.98 Å². The number of carbonyl (C=O) groups is 1. The largest absolute Gasteiger partial charge is 0.373 e. The van der Waals surface area contributed by atoms with Crippen LogP contribution in [-0.4, -0.2) is 33.8 Å². The summed E-state index contributed by atoms with van der Waals surface area (Å²) in [5.74, 6) is 1.45. The average molecular weight is 330 g/mol. The zero-order chi connectivity index (χ0) is 17.0. The van der Waals surface area contributed by atoms with Crippen LogP contribution in [0.15, 0.2) is 29.4 Å². The molecule has 6 heteroatoms. The molecule has 0 saturated carbocycles. The fraction of sp³-hybridized carbons (Fsp3) is 0.353. The van der Waals surface area contributed by atoms with Crippen LogP contribution in [0.3, 0.4) is 0 Å². The number of aromatic nitrogens is 1. The number of fused-ring (bicyclic) bond motifs is 1. The second kappa shape index (κ2) is 7.40. The molecule has 5 nitrogen and oxygen atoms in total. The van der Waals surface area contributed by atoms with Gasteiger partial charge in [0.1, 0.15) is 5.04 Å². The normalized spacial score (nSPS) is 16.7. The molecule has 0 bridgehead atoms. The summed E-state index contributed by atoms with van der Waals surface area (Å²) in [6.07, 6.45) is 2.05. The summed E-state index contributed by atoms with van der Waals surface area (Å²) in [6.45, 7) is 6.35. The van der Waals surface area contributed by atoms with E-state index in [0.717, 1.165) is 22.2 Å². The number of hydrogen-bond acceptors (Lipinski definition) is 5. The number of aromatic amines is 1. The molecule has 1 atom stereocenters. The molecule has 1 N–H and O–H groups in total. The maximum atomic E-state index is 12.6. The van der Waals surface area contributed by atoms with Gasteiger partial charge in [0.05, 0.1) is 11.6 Å². The highest BCUT2D eigenvalue weighted by molar-refractivity contribution is 8.16. The van der Waals surface area contributed by atoms with E-state index in [1.54, 1.807) is 18.0 Å². The van der Waals surface area contributed by atoms with Gasteiger partial charge in [-0.1, -0.05) is 26.0 Å². The first-order valence-corrected chi connectivity index (χ1v) is 8.28. The number of carbonyl (C=O) groups excluding carboxylic acids is 3. The molecule has 1 aromatic carbocycles. The van der Waals surface area contributed by atoms with Crippen LogP contribution in [0.2, 0.25) is 0 Å². The average Bonchev–Trinajstić information content (AvgIpc) is 3.14. The van der Waals surface area contributed by atoms with Gasteiger partial charge in [0.15, 0.2) is 0 Å². The number of aryl methyl sites for hydroxylation is 1. The van der Waals surface area contributed by atoms with Gasteiger partial charge in [0.25, 0.3) is 0 Å². The Bertz CT molecular complexity index is 786. The second-order valence-electron chi connectivity index (χ2n) is 5.72. The van der Waals surface area contributed by atoms with Crippen LogP contribution >= 0.6 is 11.8 Å². The van der Waals surface area contributed by atoms with E-state index in [0.29, 0.717) is 11.0 Å². The van der Waals surface area contributed by atoms with Gasteiger partial charge in [0, 0.05) is 22.9 Å². The predicted molar refractivity (Wildman–Crippen MR) is 90.9 cm³/mol. The lowest BCUT2D eigenvalue weighted by Crippen LogP contribution is -2.12. The third kappa shape index (κ3) is 3.78. The molecular weight excluding hydrogens is 312 g/mol. The zero-order valence-corrected chi connectivity index (χ0v) is 14.1. The second-order valence-corrected chi connectivity index (χ2v) is 6.73. The number of H-pyrrole nitrogens is 1. The van der Waals surface area contributed by atoms with Crippen molar-refractivity contribution in [2.24, 2.45) is 10.9 Å². The zero-order valence-electron chi connectivity index (χ0n) is 13.3. The molecule has 23 heavy (non-hydrogen) atoms. The standard InChI is InChI=1S/C16H18N2OS.CO2/c1-9(2)14-8-20-16(18-14)15(19)12-7-17-13-6-10(3)4-5-11(12)13;2-1-3/h4-7,9,14,17H,8H2,1-3H3;. The van der Waals surface area contributed by atoms with Crippen molar-refractivity contribution in [2.45, 2.75) is 26.8 Å². The molecule has 0 fully saturated rings. The number of hydrogen-bond donors (Lipinski definition) is 1. The molecule has 120 valence electrons. The summed E-state index contributed by atoms with van der Waals surface area (Å²) in [5, 5.41) is 1.64. The van der Waals surface area contributed by atoms with Gasteiger partial charge in [-0.2, -0.15) is 9.59 Å². The Kier molecular flexibility index (Phi) is 5.53. The van der Waals surface area contributed by atoms with Gasteiger partial charge in [-0.25, -0.2) is 0 Å². The molecule has 0 amide bonds. The summed E-state index contributed by atoms with van der Waals surface area (Å²) in [5.41, 5.74) is 2.93. The summed E-state index contributed by atoms with van der Waals surface area (Å²) in [7, 11) is 0. The van der Waals surface area contributed by atoms with Crippen LogP contribution in [0.1, 0.15) is 29.8 Å². The monoisotopic (exact) mass is 330 g/mol. The highest BCUT2D eigenvalue weighted by Gasteiger charge is 2.27. The number of ketones is 1. The van der Waals surface area contributed by atoms with E-state index in [-0.39, 0.29) is 18.0 Å². The molecule has 1 aromatic heterocycles. The number of nitrogens with zero attached hydrogens (tertiary/aromatic N) is 1. The highest BCUT2D eigenvalue weighted by Crippen LogP contribution is 2.28. The molecule has 2 aromatic rings. The van der Waals surface area contributed by atoms with E-state index in [1.807, 2.05) is 19.1 Å². The molecule has 0 radical (unpaired) electrons. The molecule has 0 aliphatic carbocycles. The van der Waals surface area contributed by atoms with E-state index < -0.39 is 0 Å². The maximum Gasteiger partial charge on any atom is 0.373 e. The van der Waals surface area contributed by atoms with Crippen LogP contribution in [0.5, 0.6) is 0 Å². The number of nitrogens with one attached hydrogen (secondary N) is 1. The molecule has 1 unspecified atom stereocenters. The SMILES string of the molecule is Cc1ccc2c(C(=O)C3=NC(C(C)C)CS3)c[nH]c2c1.O=C=O. The van der Waals surface area contributed by atoms with E-state index >= 15 is 0 Å². The smallest absolute Gasteiger partial charge is 0.360 e. The van der Waals surface area contributed by atoms with Crippen molar-refractivity contribution in [2.75, 3.05) is 5.75 Å². The fourth-order valence-corrected chi connectivity index (χ4v) is 3.64. The lowest BCUT2D eigenvalue weighted by Gasteiger charge is -2.07. The number of benzene rings is 1. The van der Waals surface area contributed by atoms with E-state index in [1.165, 1.54) is 5.56 Å². The van der Waals surface area contributed by atoms with Gasteiger partial charge in [-0.15, -0.1) is 11.8 Å². The maximum absolute atomic E-state index is 12.6. The van der Waals surface area contributed by atoms with Crippen molar-refractivity contribution >= 4 is 39.6 Å². The summed E-state index contributed by atoms with van der Waals surface area (Å²) < 4.78 is 0. The number of thioether (sulfide) groups is 1. The minimum Gasteiger partial charge on any atom is -0.360 e. The molecule has 1 aliphatic heterocycles. The topological polar surface area (TPSA) is 79.4 Å². The highest BCUT2D eigenvalue weighted by atomic mass is 32.2. The minimum atomic E-state index is 0.0493. The molecular formula is C17H18N2O3S. The Balaban J connectivity index is 0.000000595. The Morgan fingerprint density at radius 1 is 1.39 bits per heavy atom. The van der Waals surface area contributed by atoms with Gasteiger partial charge in [0.2, 0.25) is 5.78 Å². The minimum absolute atomic E-state index is 0.0493. The summed E-state index contributed by atoms with van der Waals surface area (Å²) in [4.78, 5) is 36.6. The third-order valence-corrected chi connectivity index (χ3v) is 4.79. The fourth-order valence-electron chi connectivity index (χ4n) is 2.40. The quantitative estimate of drug-likeness (QED) is 0.876. The van der Waals surface area contributed by atoms with Crippen LogP contribution in [0, 0.1) is 12.8 Å². The number of Topliss-reactive ketones (excluding diaryl/α,β-unsaturated/α-hetero) is 1. The van der Waals surface area contributed by atoms with E-state index in [4.69, 9.17) is 9.59 Å². The van der Waals surface area contributed by atoms with Crippen LogP contribution in [0.25, 0.3) is 10.9 Å². The van der Waals surface area contributed by atoms with Gasteiger partial charge >= 0.3 is 6.15 Å². The van der Waals surface area contributed by atoms with Crippen molar-refractivity contribution < 1.29 is 14.4 Å². The van der Waals surface area contributed by atoms with E-state index in [9.17, 15) is 4.79 Å². The van der Waals surface area contributed by atoms with Gasteiger partial charge in [-0.3, -0.25) is 9.79 Å². The molecule has 3 rings (SSSR count). The lowest BCUT2D eigenvalue weighted by atomic mass is 10.1.